The molecule has 0 bridgehead atoms. The maximum absolute atomic E-state index is 5.80. The van der Waals surface area contributed by atoms with Crippen molar-refractivity contribution >= 4 is 16.5 Å². The van der Waals surface area contributed by atoms with Crippen LogP contribution in [0.1, 0.15) is 25.7 Å². The Morgan fingerprint density at radius 3 is 2.87 bits per heavy atom. The lowest BCUT2D eigenvalue weighted by Crippen LogP contribution is -2.31. The van der Waals surface area contributed by atoms with Crippen molar-refractivity contribution in [1.82, 2.24) is 4.98 Å². The van der Waals surface area contributed by atoms with Crippen LogP contribution in [0.15, 0.2) is 11.6 Å². The fourth-order valence-corrected chi connectivity index (χ4v) is 2.93. The number of nitrogens with two attached hydrogens (primary N) is 1. The Kier molecular flexibility index (Phi) is 3.97. The molecule has 1 saturated carbocycles. The lowest BCUT2D eigenvalue weighted by Gasteiger charge is -2.30. The number of anilines is 1. The van der Waals surface area contributed by atoms with Crippen LogP contribution >= 0.6 is 11.3 Å². The summed E-state index contributed by atoms with van der Waals surface area (Å²) >= 11 is 1.67. The van der Waals surface area contributed by atoms with Crippen LogP contribution in [0.25, 0.3) is 0 Å². The van der Waals surface area contributed by atoms with Crippen LogP contribution in [0.4, 0.5) is 5.13 Å². The van der Waals surface area contributed by atoms with Gasteiger partial charge in [0.1, 0.15) is 0 Å². The minimum atomic E-state index is 0.714. The number of hydrogen-bond acceptors (Lipinski definition) is 4. The van der Waals surface area contributed by atoms with Crippen molar-refractivity contribution in [1.29, 1.82) is 0 Å². The van der Waals surface area contributed by atoms with Crippen LogP contribution in [0.3, 0.4) is 0 Å². The maximum Gasteiger partial charge on any atom is 0.182 e. The molecule has 1 heterocycles. The van der Waals surface area contributed by atoms with Gasteiger partial charge in [0.2, 0.25) is 0 Å². The number of rotatable bonds is 4. The first kappa shape index (κ1) is 10.9. The Labute approximate surface area is 95.1 Å². The summed E-state index contributed by atoms with van der Waals surface area (Å²) in [6.45, 7) is 1.87. The summed E-state index contributed by atoms with van der Waals surface area (Å²) in [6, 6.07) is 0. The molecule has 1 aromatic rings. The summed E-state index contributed by atoms with van der Waals surface area (Å²) < 4.78 is 0. The third-order valence-electron chi connectivity index (χ3n) is 3.32. The molecule has 2 unspecified atom stereocenters. The van der Waals surface area contributed by atoms with Crippen LogP contribution in [-0.4, -0.2) is 18.1 Å². The predicted molar refractivity (Wildman–Crippen MR) is 65.1 cm³/mol. The molecule has 0 saturated heterocycles. The average Bonchev–Trinajstić information content (AvgIpc) is 2.79. The first-order chi connectivity index (χ1) is 7.40. The Balaban J connectivity index is 1.81. The third kappa shape index (κ3) is 2.92. The van der Waals surface area contributed by atoms with Crippen molar-refractivity contribution < 1.29 is 0 Å². The second-order valence-corrected chi connectivity index (χ2v) is 5.15. The topological polar surface area (TPSA) is 50.9 Å². The molecule has 3 N–H and O–H groups in total. The minimum absolute atomic E-state index is 0.714. The molecular formula is C11H19N3S. The Morgan fingerprint density at radius 1 is 1.40 bits per heavy atom. The van der Waals surface area contributed by atoms with Gasteiger partial charge in [-0.2, -0.15) is 0 Å². The van der Waals surface area contributed by atoms with Crippen LogP contribution in [0, 0.1) is 11.8 Å². The quantitative estimate of drug-likeness (QED) is 0.827. The normalized spacial score (nSPS) is 26.5. The fraction of sp³-hybridized carbons (Fsp3) is 0.727. The van der Waals surface area contributed by atoms with Gasteiger partial charge in [0, 0.05) is 18.1 Å². The zero-order valence-electron chi connectivity index (χ0n) is 8.98. The second-order valence-electron chi connectivity index (χ2n) is 4.26. The van der Waals surface area contributed by atoms with Gasteiger partial charge in [-0.25, -0.2) is 4.98 Å². The monoisotopic (exact) mass is 225 g/mol. The van der Waals surface area contributed by atoms with E-state index in [1.807, 2.05) is 11.6 Å². The van der Waals surface area contributed by atoms with Gasteiger partial charge in [0.05, 0.1) is 0 Å². The van der Waals surface area contributed by atoms with E-state index in [0.29, 0.717) is 5.92 Å². The van der Waals surface area contributed by atoms with Gasteiger partial charge in [-0.1, -0.05) is 12.8 Å². The molecule has 1 aliphatic rings. The van der Waals surface area contributed by atoms with Crippen molar-refractivity contribution in [2.45, 2.75) is 25.7 Å². The number of aromatic nitrogens is 1. The van der Waals surface area contributed by atoms with Gasteiger partial charge in [-0.3, -0.25) is 0 Å². The highest BCUT2D eigenvalue weighted by Gasteiger charge is 2.23. The number of thiazole rings is 1. The molecule has 15 heavy (non-hydrogen) atoms. The summed E-state index contributed by atoms with van der Waals surface area (Å²) in [5.41, 5.74) is 5.80. The predicted octanol–water partition coefficient (Wildman–Crippen LogP) is 2.32. The molecule has 2 atom stereocenters. The van der Waals surface area contributed by atoms with Crippen LogP contribution in [0.5, 0.6) is 0 Å². The largest absolute Gasteiger partial charge is 0.361 e. The highest BCUT2D eigenvalue weighted by Crippen LogP contribution is 2.29. The Hall–Kier alpha value is -0.610. The molecule has 4 heteroatoms. The van der Waals surface area contributed by atoms with E-state index in [9.17, 15) is 0 Å². The summed E-state index contributed by atoms with van der Waals surface area (Å²) in [7, 11) is 0. The maximum atomic E-state index is 5.80. The van der Waals surface area contributed by atoms with Gasteiger partial charge < -0.3 is 11.1 Å². The molecule has 0 radical (unpaired) electrons. The number of nitrogens with zero attached hydrogens (tertiary/aromatic N) is 1. The molecular weight excluding hydrogens is 206 g/mol. The zero-order chi connectivity index (χ0) is 10.5. The smallest absolute Gasteiger partial charge is 0.182 e. The fourth-order valence-electron chi connectivity index (χ4n) is 2.39. The van der Waals surface area contributed by atoms with Crippen molar-refractivity contribution in [2.24, 2.45) is 17.6 Å². The number of nitrogens with one attached hydrogen (secondary N) is 1. The first-order valence-electron chi connectivity index (χ1n) is 5.73. The van der Waals surface area contributed by atoms with E-state index in [1.165, 1.54) is 25.7 Å². The molecule has 0 aliphatic heterocycles. The second kappa shape index (κ2) is 5.47. The Morgan fingerprint density at radius 2 is 2.20 bits per heavy atom. The van der Waals surface area contributed by atoms with Crippen molar-refractivity contribution in [3.8, 4) is 0 Å². The molecule has 2 rings (SSSR count). The molecule has 0 amide bonds. The van der Waals surface area contributed by atoms with E-state index in [2.05, 4.69) is 10.3 Å². The van der Waals surface area contributed by atoms with Gasteiger partial charge in [-0.05, 0) is 31.2 Å². The first-order valence-corrected chi connectivity index (χ1v) is 6.61. The summed E-state index contributed by atoms with van der Waals surface area (Å²) in [5, 5.41) is 6.45. The lowest BCUT2D eigenvalue weighted by atomic mass is 9.79. The molecule has 1 fully saturated rings. The molecule has 1 aliphatic carbocycles. The molecule has 1 aromatic heterocycles. The van der Waals surface area contributed by atoms with E-state index < -0.39 is 0 Å². The zero-order valence-corrected chi connectivity index (χ0v) is 9.80. The number of hydrogen-bond donors (Lipinski definition) is 2. The van der Waals surface area contributed by atoms with Gasteiger partial charge in [0.15, 0.2) is 5.13 Å². The van der Waals surface area contributed by atoms with E-state index in [0.717, 1.165) is 24.1 Å². The Bertz CT molecular complexity index is 273. The average molecular weight is 225 g/mol. The standard InChI is InChI=1S/C11H19N3S/c12-7-9-3-1-2-4-10(9)8-14-11-13-5-6-15-11/h5-6,9-10H,1-4,7-8,12H2,(H,13,14). The molecule has 0 aromatic carbocycles. The molecule has 3 nitrogen and oxygen atoms in total. The lowest BCUT2D eigenvalue weighted by molar-refractivity contribution is 0.255. The van der Waals surface area contributed by atoms with E-state index in [-0.39, 0.29) is 0 Å². The highest BCUT2D eigenvalue weighted by atomic mass is 32.1. The summed E-state index contributed by atoms with van der Waals surface area (Å²) in [4.78, 5) is 4.23. The molecule has 0 spiro atoms. The third-order valence-corrected chi connectivity index (χ3v) is 4.05. The summed E-state index contributed by atoms with van der Waals surface area (Å²) in [6.07, 6.45) is 7.19. The van der Waals surface area contributed by atoms with Gasteiger partial charge in [-0.15, -0.1) is 11.3 Å². The van der Waals surface area contributed by atoms with Crippen LogP contribution < -0.4 is 11.1 Å². The van der Waals surface area contributed by atoms with Crippen molar-refractivity contribution in [2.75, 3.05) is 18.4 Å². The summed E-state index contributed by atoms with van der Waals surface area (Å²) in [5.74, 6) is 1.46. The van der Waals surface area contributed by atoms with E-state index in [1.54, 1.807) is 11.3 Å². The van der Waals surface area contributed by atoms with E-state index in [4.69, 9.17) is 5.73 Å². The SMILES string of the molecule is NCC1CCCCC1CNc1nccs1. The van der Waals surface area contributed by atoms with Crippen LogP contribution in [0.2, 0.25) is 0 Å². The highest BCUT2D eigenvalue weighted by molar-refractivity contribution is 7.13. The van der Waals surface area contributed by atoms with E-state index >= 15 is 0 Å². The van der Waals surface area contributed by atoms with Crippen molar-refractivity contribution in [3.63, 3.8) is 0 Å². The minimum Gasteiger partial charge on any atom is -0.361 e. The van der Waals surface area contributed by atoms with Crippen LogP contribution in [-0.2, 0) is 0 Å². The molecule has 84 valence electrons. The van der Waals surface area contributed by atoms with Crippen molar-refractivity contribution in [3.05, 3.63) is 11.6 Å². The van der Waals surface area contributed by atoms with Gasteiger partial charge in [0.25, 0.3) is 0 Å². The van der Waals surface area contributed by atoms with Gasteiger partial charge >= 0.3 is 0 Å².